The Balaban J connectivity index is 4.25. The Bertz CT molecular complexity index is 327. The van der Waals surface area contributed by atoms with E-state index in [1.54, 1.807) is 6.92 Å². The molecule has 0 aromatic carbocycles. The van der Waals surface area contributed by atoms with Crippen molar-refractivity contribution in [1.82, 2.24) is 0 Å². The number of rotatable bonds is 9. The molecule has 0 bridgehead atoms. The van der Waals surface area contributed by atoms with Crippen LogP contribution in [-0.2, 0) is 9.59 Å². The highest BCUT2D eigenvalue weighted by molar-refractivity contribution is 5.75. The van der Waals surface area contributed by atoms with Gasteiger partial charge in [-0.2, -0.15) is 0 Å². The van der Waals surface area contributed by atoms with Crippen molar-refractivity contribution in [1.29, 1.82) is 0 Å². The zero-order chi connectivity index (χ0) is 14.1. The van der Waals surface area contributed by atoms with Crippen LogP contribution in [0.15, 0.2) is 24.3 Å². The number of carboxylic acids is 1. The number of aliphatic carboxylic acids is 1. The first-order valence-electron chi connectivity index (χ1n) is 6.40. The Labute approximate surface area is 110 Å². The Kier molecular flexibility index (Phi) is 8.01. The van der Waals surface area contributed by atoms with Gasteiger partial charge in [0.25, 0.3) is 0 Å². The van der Waals surface area contributed by atoms with Crippen molar-refractivity contribution in [3.8, 4) is 0 Å². The smallest absolute Gasteiger partial charge is 0.303 e. The van der Waals surface area contributed by atoms with Gasteiger partial charge >= 0.3 is 5.97 Å². The molecule has 0 heterocycles. The SMILES string of the molecule is C=C(C=CC(CCC(=O)O)C(C)C)CCC(C)=O. The van der Waals surface area contributed by atoms with Crippen molar-refractivity contribution in [2.75, 3.05) is 0 Å². The van der Waals surface area contributed by atoms with Crippen LogP contribution in [0.1, 0.15) is 46.5 Å². The van der Waals surface area contributed by atoms with Crippen LogP contribution in [0.2, 0.25) is 0 Å². The van der Waals surface area contributed by atoms with E-state index in [1.165, 1.54) is 0 Å². The van der Waals surface area contributed by atoms with Crippen LogP contribution < -0.4 is 0 Å². The number of carbonyl (C=O) groups is 2. The van der Waals surface area contributed by atoms with Gasteiger partial charge in [0.15, 0.2) is 0 Å². The maximum absolute atomic E-state index is 10.8. The number of Topliss-reactive ketones (excluding diaryl/α,β-unsaturated/α-hetero) is 1. The van der Waals surface area contributed by atoms with E-state index >= 15 is 0 Å². The molecular formula is C15H24O3. The molecule has 0 radical (unpaired) electrons. The molecule has 0 aromatic heterocycles. The summed E-state index contributed by atoms with van der Waals surface area (Å²) in [6.45, 7) is 9.63. The fourth-order valence-electron chi connectivity index (χ4n) is 1.62. The second-order valence-corrected chi connectivity index (χ2v) is 5.06. The molecule has 0 spiro atoms. The maximum atomic E-state index is 10.8. The van der Waals surface area contributed by atoms with E-state index in [-0.39, 0.29) is 18.1 Å². The van der Waals surface area contributed by atoms with Crippen LogP contribution in [0.25, 0.3) is 0 Å². The minimum absolute atomic E-state index is 0.163. The molecule has 0 amide bonds. The van der Waals surface area contributed by atoms with Crippen LogP contribution in [0.5, 0.6) is 0 Å². The van der Waals surface area contributed by atoms with Gasteiger partial charge in [0, 0.05) is 12.8 Å². The summed E-state index contributed by atoms with van der Waals surface area (Å²) in [5.74, 6) is 0.0525. The summed E-state index contributed by atoms with van der Waals surface area (Å²) in [7, 11) is 0. The third-order valence-electron chi connectivity index (χ3n) is 2.93. The van der Waals surface area contributed by atoms with Crippen molar-refractivity contribution in [2.24, 2.45) is 11.8 Å². The van der Waals surface area contributed by atoms with E-state index in [4.69, 9.17) is 5.11 Å². The van der Waals surface area contributed by atoms with Crippen molar-refractivity contribution in [2.45, 2.75) is 46.5 Å². The van der Waals surface area contributed by atoms with Crippen molar-refractivity contribution in [3.05, 3.63) is 24.3 Å². The molecule has 0 aromatic rings. The molecule has 0 saturated carbocycles. The lowest BCUT2D eigenvalue weighted by Gasteiger charge is -2.15. The fraction of sp³-hybridized carbons (Fsp3) is 0.600. The van der Waals surface area contributed by atoms with E-state index in [0.717, 1.165) is 5.57 Å². The third-order valence-corrected chi connectivity index (χ3v) is 2.93. The van der Waals surface area contributed by atoms with Crippen LogP contribution >= 0.6 is 0 Å². The summed E-state index contributed by atoms with van der Waals surface area (Å²) in [6.07, 6.45) is 5.97. The van der Waals surface area contributed by atoms with Gasteiger partial charge in [-0.05, 0) is 31.6 Å². The predicted molar refractivity (Wildman–Crippen MR) is 73.4 cm³/mol. The molecule has 1 N–H and O–H groups in total. The van der Waals surface area contributed by atoms with Crippen LogP contribution in [0.4, 0.5) is 0 Å². The standard InChI is InChI=1S/C15H24O3/c1-11(2)14(9-10-15(17)18)8-6-12(3)5-7-13(4)16/h6,8,11,14H,3,5,7,9-10H2,1-2,4H3,(H,17,18). The highest BCUT2D eigenvalue weighted by Gasteiger charge is 2.11. The average Bonchev–Trinajstić information content (AvgIpc) is 2.25. The first-order valence-corrected chi connectivity index (χ1v) is 6.40. The highest BCUT2D eigenvalue weighted by Crippen LogP contribution is 2.20. The topological polar surface area (TPSA) is 54.4 Å². The zero-order valence-corrected chi connectivity index (χ0v) is 11.6. The van der Waals surface area contributed by atoms with Gasteiger partial charge in [-0.3, -0.25) is 4.79 Å². The summed E-state index contributed by atoms with van der Waals surface area (Å²) in [6, 6.07) is 0. The van der Waals surface area contributed by atoms with E-state index in [1.807, 2.05) is 12.2 Å². The summed E-state index contributed by atoms with van der Waals surface area (Å²) < 4.78 is 0. The van der Waals surface area contributed by atoms with Gasteiger partial charge in [-0.1, -0.05) is 38.2 Å². The number of hydrogen-bond donors (Lipinski definition) is 1. The lowest BCUT2D eigenvalue weighted by atomic mass is 9.90. The first kappa shape index (κ1) is 16.6. The molecular weight excluding hydrogens is 228 g/mol. The van der Waals surface area contributed by atoms with Gasteiger partial charge in [-0.15, -0.1) is 0 Å². The van der Waals surface area contributed by atoms with E-state index in [0.29, 0.717) is 25.2 Å². The molecule has 0 aliphatic carbocycles. The molecule has 0 aliphatic rings. The summed E-state index contributed by atoms with van der Waals surface area (Å²) in [5.41, 5.74) is 0.922. The highest BCUT2D eigenvalue weighted by atomic mass is 16.4. The maximum Gasteiger partial charge on any atom is 0.303 e. The molecule has 3 nitrogen and oxygen atoms in total. The molecule has 0 fully saturated rings. The molecule has 102 valence electrons. The summed E-state index contributed by atoms with van der Waals surface area (Å²) >= 11 is 0. The van der Waals surface area contributed by atoms with Gasteiger partial charge in [0.05, 0.1) is 0 Å². The molecule has 18 heavy (non-hydrogen) atoms. The second kappa shape index (κ2) is 8.67. The van der Waals surface area contributed by atoms with E-state index < -0.39 is 5.97 Å². The fourth-order valence-corrected chi connectivity index (χ4v) is 1.62. The molecule has 3 heteroatoms. The first-order chi connectivity index (χ1) is 8.32. The van der Waals surface area contributed by atoms with Gasteiger partial charge in [0.2, 0.25) is 0 Å². The van der Waals surface area contributed by atoms with Gasteiger partial charge < -0.3 is 9.90 Å². The average molecular weight is 252 g/mol. The Hall–Kier alpha value is -1.38. The Morgan fingerprint density at radius 1 is 1.22 bits per heavy atom. The monoisotopic (exact) mass is 252 g/mol. The van der Waals surface area contributed by atoms with E-state index in [9.17, 15) is 9.59 Å². The van der Waals surface area contributed by atoms with Crippen LogP contribution in [0, 0.1) is 11.8 Å². The Morgan fingerprint density at radius 2 is 1.83 bits per heavy atom. The third kappa shape index (κ3) is 8.74. The number of allylic oxidation sites excluding steroid dienone is 3. The lowest BCUT2D eigenvalue weighted by molar-refractivity contribution is -0.137. The normalized spacial score (nSPS) is 12.9. The number of carboxylic acid groups (broad SMARTS) is 1. The van der Waals surface area contributed by atoms with Crippen molar-refractivity contribution >= 4 is 11.8 Å². The molecule has 0 aliphatic heterocycles. The second-order valence-electron chi connectivity index (χ2n) is 5.06. The minimum Gasteiger partial charge on any atom is -0.481 e. The summed E-state index contributed by atoms with van der Waals surface area (Å²) in [5, 5.41) is 8.69. The number of carbonyl (C=O) groups excluding carboxylic acids is 1. The van der Waals surface area contributed by atoms with Crippen molar-refractivity contribution < 1.29 is 14.7 Å². The number of hydrogen-bond acceptors (Lipinski definition) is 2. The number of ketones is 1. The van der Waals surface area contributed by atoms with Gasteiger partial charge in [-0.25, -0.2) is 0 Å². The lowest BCUT2D eigenvalue weighted by Crippen LogP contribution is -2.08. The quantitative estimate of drug-likeness (QED) is 0.638. The molecule has 1 atom stereocenters. The summed E-state index contributed by atoms with van der Waals surface area (Å²) in [4.78, 5) is 21.4. The van der Waals surface area contributed by atoms with Crippen LogP contribution in [0.3, 0.4) is 0 Å². The molecule has 0 rings (SSSR count). The molecule has 1 unspecified atom stereocenters. The van der Waals surface area contributed by atoms with Crippen LogP contribution in [-0.4, -0.2) is 16.9 Å². The largest absolute Gasteiger partial charge is 0.481 e. The molecule has 0 saturated heterocycles. The van der Waals surface area contributed by atoms with Crippen molar-refractivity contribution in [3.63, 3.8) is 0 Å². The van der Waals surface area contributed by atoms with Gasteiger partial charge in [0.1, 0.15) is 5.78 Å². The minimum atomic E-state index is -0.760. The zero-order valence-electron chi connectivity index (χ0n) is 11.6. The Morgan fingerprint density at radius 3 is 2.28 bits per heavy atom. The van der Waals surface area contributed by atoms with E-state index in [2.05, 4.69) is 20.4 Å². The predicted octanol–water partition coefficient (Wildman–Crippen LogP) is 3.61.